The molecule has 2 rings (SSSR count). The predicted molar refractivity (Wildman–Crippen MR) is 77.8 cm³/mol. The van der Waals surface area contributed by atoms with Gasteiger partial charge >= 0.3 is 0 Å². The van der Waals surface area contributed by atoms with Crippen molar-refractivity contribution >= 4 is 0 Å². The number of rotatable bonds is 3. The van der Waals surface area contributed by atoms with Gasteiger partial charge in [-0.2, -0.15) is 0 Å². The number of halogens is 1. The van der Waals surface area contributed by atoms with Crippen LogP contribution in [-0.4, -0.2) is 6.54 Å². The lowest BCUT2D eigenvalue weighted by Gasteiger charge is -2.09. The van der Waals surface area contributed by atoms with Crippen molar-refractivity contribution < 1.29 is 9.13 Å². The molecule has 0 aliphatic carbocycles. The molecule has 102 valence electrons. The van der Waals surface area contributed by atoms with Gasteiger partial charge < -0.3 is 10.5 Å². The topological polar surface area (TPSA) is 35.2 Å². The Labute approximate surface area is 118 Å². The van der Waals surface area contributed by atoms with Crippen molar-refractivity contribution in [1.82, 2.24) is 0 Å². The zero-order valence-electron chi connectivity index (χ0n) is 11.3. The van der Waals surface area contributed by atoms with Crippen LogP contribution in [-0.2, 0) is 6.61 Å². The summed E-state index contributed by atoms with van der Waals surface area (Å²) in [6.45, 7) is 2.65. The normalized spacial score (nSPS) is 9.75. The van der Waals surface area contributed by atoms with Crippen molar-refractivity contribution in [2.45, 2.75) is 13.5 Å². The minimum absolute atomic E-state index is 0.259. The van der Waals surface area contributed by atoms with E-state index in [0.29, 0.717) is 17.9 Å². The van der Waals surface area contributed by atoms with E-state index in [2.05, 4.69) is 11.8 Å². The molecule has 0 heterocycles. The largest absolute Gasteiger partial charge is 0.487 e. The number of hydrogen-bond donors (Lipinski definition) is 1. The first-order chi connectivity index (χ1) is 9.69. The van der Waals surface area contributed by atoms with Crippen LogP contribution in [0.5, 0.6) is 5.75 Å². The number of ether oxygens (including phenoxy) is 1. The van der Waals surface area contributed by atoms with E-state index in [-0.39, 0.29) is 12.4 Å². The van der Waals surface area contributed by atoms with Crippen molar-refractivity contribution in [1.29, 1.82) is 0 Å². The van der Waals surface area contributed by atoms with Crippen LogP contribution >= 0.6 is 0 Å². The summed E-state index contributed by atoms with van der Waals surface area (Å²) < 4.78 is 19.0. The molecular weight excluding hydrogens is 253 g/mol. The van der Waals surface area contributed by atoms with Crippen LogP contribution in [0.25, 0.3) is 0 Å². The first-order valence-electron chi connectivity index (χ1n) is 6.36. The molecule has 0 unspecified atom stereocenters. The summed E-state index contributed by atoms with van der Waals surface area (Å²) in [4.78, 5) is 0. The predicted octanol–water partition coefficient (Wildman–Crippen LogP) is 3.02. The molecule has 2 nitrogen and oxygen atoms in total. The highest BCUT2D eigenvalue weighted by atomic mass is 19.1. The van der Waals surface area contributed by atoms with Gasteiger partial charge in [0.2, 0.25) is 0 Å². The second kappa shape index (κ2) is 6.74. The zero-order valence-corrected chi connectivity index (χ0v) is 11.3. The molecule has 0 spiro atoms. The molecule has 0 saturated heterocycles. The highest BCUT2D eigenvalue weighted by Crippen LogP contribution is 2.20. The second-order valence-electron chi connectivity index (χ2n) is 4.42. The standard InChI is InChI=1S/C17H16FNO/c1-13-4-2-5-14(10-13)12-20-17-11-16(18)8-7-15(17)6-3-9-19/h2,4-5,7-8,10-11H,9,12,19H2,1H3. The van der Waals surface area contributed by atoms with E-state index in [1.54, 1.807) is 6.07 Å². The van der Waals surface area contributed by atoms with E-state index in [9.17, 15) is 4.39 Å². The third kappa shape index (κ3) is 3.84. The molecule has 2 aromatic carbocycles. The molecule has 0 atom stereocenters. The monoisotopic (exact) mass is 269 g/mol. The summed E-state index contributed by atoms with van der Waals surface area (Å²) >= 11 is 0. The Hall–Kier alpha value is -2.31. The molecule has 0 bridgehead atoms. The van der Waals surface area contributed by atoms with E-state index in [1.807, 2.05) is 31.2 Å². The van der Waals surface area contributed by atoms with Gasteiger partial charge in [0.05, 0.1) is 12.1 Å². The molecule has 20 heavy (non-hydrogen) atoms. The average molecular weight is 269 g/mol. The fourth-order valence-corrected chi connectivity index (χ4v) is 1.83. The van der Waals surface area contributed by atoms with Crippen LogP contribution in [0.1, 0.15) is 16.7 Å². The molecule has 2 N–H and O–H groups in total. The van der Waals surface area contributed by atoms with Crippen molar-refractivity contribution in [3.63, 3.8) is 0 Å². The Balaban J connectivity index is 2.17. The lowest BCUT2D eigenvalue weighted by Crippen LogP contribution is -1.99. The van der Waals surface area contributed by atoms with Crippen molar-refractivity contribution in [2.24, 2.45) is 5.73 Å². The smallest absolute Gasteiger partial charge is 0.138 e. The summed E-state index contributed by atoms with van der Waals surface area (Å²) in [5, 5.41) is 0. The maximum absolute atomic E-state index is 13.3. The van der Waals surface area contributed by atoms with E-state index >= 15 is 0 Å². The van der Waals surface area contributed by atoms with Gasteiger partial charge in [-0.3, -0.25) is 0 Å². The van der Waals surface area contributed by atoms with Gasteiger partial charge in [-0.1, -0.05) is 41.7 Å². The van der Waals surface area contributed by atoms with Gasteiger partial charge in [0.1, 0.15) is 18.2 Å². The van der Waals surface area contributed by atoms with Crippen LogP contribution in [0.2, 0.25) is 0 Å². The third-order valence-corrected chi connectivity index (χ3v) is 2.75. The minimum atomic E-state index is -0.345. The number of nitrogens with two attached hydrogens (primary N) is 1. The van der Waals surface area contributed by atoms with Crippen molar-refractivity contribution in [3.05, 3.63) is 65.0 Å². The van der Waals surface area contributed by atoms with Crippen LogP contribution in [0.15, 0.2) is 42.5 Å². The quantitative estimate of drug-likeness (QED) is 0.869. The van der Waals surface area contributed by atoms with Gasteiger partial charge in [-0.25, -0.2) is 4.39 Å². The Morgan fingerprint density at radius 3 is 2.80 bits per heavy atom. The maximum Gasteiger partial charge on any atom is 0.138 e. The molecule has 0 aromatic heterocycles. The molecule has 0 aliphatic rings. The van der Waals surface area contributed by atoms with E-state index in [0.717, 1.165) is 11.1 Å². The highest BCUT2D eigenvalue weighted by molar-refractivity contribution is 5.46. The van der Waals surface area contributed by atoms with Crippen LogP contribution in [0.3, 0.4) is 0 Å². The summed E-state index contributed by atoms with van der Waals surface area (Å²) in [6.07, 6.45) is 0. The van der Waals surface area contributed by atoms with Gasteiger partial charge in [-0.05, 0) is 24.6 Å². The Bertz CT molecular complexity index is 656. The zero-order chi connectivity index (χ0) is 14.4. The number of aryl methyl sites for hydroxylation is 1. The van der Waals surface area contributed by atoms with E-state index in [1.165, 1.54) is 12.1 Å². The first kappa shape index (κ1) is 14.1. The Kier molecular flexibility index (Phi) is 4.75. The number of benzene rings is 2. The van der Waals surface area contributed by atoms with Crippen molar-refractivity contribution in [3.8, 4) is 17.6 Å². The number of hydrogen-bond acceptors (Lipinski definition) is 2. The van der Waals surface area contributed by atoms with Gasteiger partial charge in [0.25, 0.3) is 0 Å². The molecule has 3 heteroatoms. The molecule has 0 amide bonds. The Morgan fingerprint density at radius 2 is 2.05 bits per heavy atom. The van der Waals surface area contributed by atoms with Crippen LogP contribution < -0.4 is 10.5 Å². The summed E-state index contributed by atoms with van der Waals surface area (Å²) in [5.41, 5.74) is 8.19. The fourth-order valence-electron chi connectivity index (χ4n) is 1.83. The SMILES string of the molecule is Cc1cccc(COc2cc(F)ccc2C#CCN)c1. The molecule has 0 radical (unpaired) electrons. The molecule has 0 aliphatic heterocycles. The van der Waals surface area contributed by atoms with Crippen LogP contribution in [0.4, 0.5) is 4.39 Å². The fraction of sp³-hybridized carbons (Fsp3) is 0.176. The lowest BCUT2D eigenvalue weighted by molar-refractivity contribution is 0.303. The molecule has 0 fully saturated rings. The summed E-state index contributed by atoms with van der Waals surface area (Å²) in [5.74, 6) is 5.72. The molecular formula is C17H16FNO. The van der Waals surface area contributed by atoms with Gasteiger partial charge in [0.15, 0.2) is 0 Å². The van der Waals surface area contributed by atoms with E-state index < -0.39 is 0 Å². The van der Waals surface area contributed by atoms with Gasteiger partial charge in [-0.15, -0.1) is 0 Å². The lowest BCUT2D eigenvalue weighted by atomic mass is 10.1. The maximum atomic E-state index is 13.3. The van der Waals surface area contributed by atoms with E-state index in [4.69, 9.17) is 10.5 Å². The summed E-state index contributed by atoms with van der Waals surface area (Å²) in [7, 11) is 0. The third-order valence-electron chi connectivity index (χ3n) is 2.75. The van der Waals surface area contributed by atoms with Crippen LogP contribution in [0, 0.1) is 24.6 Å². The highest BCUT2D eigenvalue weighted by Gasteiger charge is 2.04. The minimum Gasteiger partial charge on any atom is -0.487 e. The Morgan fingerprint density at radius 1 is 1.20 bits per heavy atom. The molecule has 0 saturated carbocycles. The first-order valence-corrected chi connectivity index (χ1v) is 6.36. The van der Waals surface area contributed by atoms with Gasteiger partial charge in [0, 0.05) is 6.07 Å². The van der Waals surface area contributed by atoms with Crippen molar-refractivity contribution in [2.75, 3.05) is 6.54 Å². The average Bonchev–Trinajstić information content (AvgIpc) is 2.44. The second-order valence-corrected chi connectivity index (χ2v) is 4.42. The summed E-state index contributed by atoms with van der Waals surface area (Å²) in [6, 6.07) is 12.3. The molecule has 2 aromatic rings.